The van der Waals surface area contributed by atoms with Crippen molar-refractivity contribution in [2.75, 3.05) is 13.2 Å². The summed E-state index contributed by atoms with van der Waals surface area (Å²) >= 11 is 0. The summed E-state index contributed by atoms with van der Waals surface area (Å²) in [4.78, 5) is 37.8. The van der Waals surface area contributed by atoms with Gasteiger partial charge in [-0.3, -0.25) is 14.4 Å². The fourth-order valence-corrected chi connectivity index (χ4v) is 5.89. The zero-order valence-electron chi connectivity index (χ0n) is 37.7. The molecule has 1 unspecified atom stereocenters. The third-order valence-electron chi connectivity index (χ3n) is 9.37. The second kappa shape index (κ2) is 46.8. The normalized spacial score (nSPS) is 13.1. The zero-order valence-corrected chi connectivity index (χ0v) is 37.7. The molecule has 0 saturated heterocycles. The highest BCUT2D eigenvalue weighted by Crippen LogP contribution is 2.13. The Bertz CT molecular complexity index is 1260. The molecule has 0 aliphatic rings. The van der Waals surface area contributed by atoms with E-state index in [-0.39, 0.29) is 37.5 Å². The Balaban J connectivity index is 4.54. The quantitative estimate of drug-likeness (QED) is 0.0201. The minimum Gasteiger partial charge on any atom is -0.462 e. The fraction of sp³-hybridized carbons (Fsp3) is 0.604. The highest BCUT2D eigenvalue weighted by atomic mass is 16.6. The first-order valence-electron chi connectivity index (χ1n) is 23.5. The van der Waals surface area contributed by atoms with Gasteiger partial charge < -0.3 is 14.2 Å². The monoisotopic (exact) mass is 817 g/mol. The van der Waals surface area contributed by atoms with Gasteiger partial charge in [-0.25, -0.2) is 0 Å². The molecule has 0 aromatic heterocycles. The number of hydrogen-bond donors (Lipinski definition) is 0. The van der Waals surface area contributed by atoms with Crippen LogP contribution in [-0.4, -0.2) is 37.2 Å². The van der Waals surface area contributed by atoms with Crippen LogP contribution in [0.2, 0.25) is 0 Å². The predicted octanol–water partition coefficient (Wildman–Crippen LogP) is 15.2. The van der Waals surface area contributed by atoms with Gasteiger partial charge in [-0.1, -0.05) is 188 Å². The summed E-state index contributed by atoms with van der Waals surface area (Å²) in [5.74, 6) is -1.03. The smallest absolute Gasteiger partial charge is 0.306 e. The number of ether oxygens (including phenoxy) is 3. The Morgan fingerprint density at radius 3 is 1.34 bits per heavy atom. The standard InChI is InChI=1S/C53H84O6/c1-4-7-10-13-16-19-22-24-26-28-31-34-37-40-43-46-52(55)58-49-50(48-57-51(54)45-42-39-36-33-30-21-18-15-12-9-6-3)59-53(56)47-44-41-38-35-32-29-27-25-23-20-17-14-11-8-5-2/h7,9-10,12-13,16,18-24,26,28,31,33,36,50H,4-6,8,11,14-15,17,25,27,29-30,32,34-35,37-49H2,1-3H3/b10-7-,12-9-,16-13-,21-18-,22-19-,23-20-,26-24-,31-28-,36-33-. The molecule has 0 spiro atoms. The van der Waals surface area contributed by atoms with Crippen molar-refractivity contribution in [1.29, 1.82) is 0 Å². The predicted molar refractivity (Wildman–Crippen MR) is 251 cm³/mol. The molecule has 59 heavy (non-hydrogen) atoms. The molecule has 0 aromatic carbocycles. The molecule has 332 valence electrons. The van der Waals surface area contributed by atoms with Crippen LogP contribution in [0.5, 0.6) is 0 Å². The van der Waals surface area contributed by atoms with Gasteiger partial charge in [-0.2, -0.15) is 0 Å². The van der Waals surface area contributed by atoms with Crippen molar-refractivity contribution in [1.82, 2.24) is 0 Å². The molecule has 0 aliphatic heterocycles. The lowest BCUT2D eigenvalue weighted by Gasteiger charge is -2.18. The lowest BCUT2D eigenvalue weighted by molar-refractivity contribution is -0.167. The maximum Gasteiger partial charge on any atom is 0.306 e. The number of carbonyl (C=O) groups excluding carboxylic acids is 3. The van der Waals surface area contributed by atoms with Crippen molar-refractivity contribution < 1.29 is 28.6 Å². The minimum absolute atomic E-state index is 0.120. The number of esters is 3. The van der Waals surface area contributed by atoms with Crippen LogP contribution in [-0.2, 0) is 28.6 Å². The molecular weight excluding hydrogens is 733 g/mol. The molecule has 0 heterocycles. The fourth-order valence-electron chi connectivity index (χ4n) is 5.89. The number of rotatable bonds is 40. The van der Waals surface area contributed by atoms with Crippen molar-refractivity contribution >= 4 is 17.9 Å². The van der Waals surface area contributed by atoms with E-state index in [1.807, 2.05) is 48.6 Å². The van der Waals surface area contributed by atoms with E-state index < -0.39 is 6.10 Å². The van der Waals surface area contributed by atoms with Crippen molar-refractivity contribution in [3.05, 3.63) is 109 Å². The zero-order chi connectivity index (χ0) is 43.0. The topological polar surface area (TPSA) is 78.9 Å². The summed E-state index contributed by atoms with van der Waals surface area (Å²) in [6.45, 7) is 6.25. The summed E-state index contributed by atoms with van der Waals surface area (Å²) in [6.07, 6.45) is 62.2. The van der Waals surface area contributed by atoms with Crippen LogP contribution in [0, 0.1) is 0 Å². The average Bonchev–Trinajstić information content (AvgIpc) is 3.23. The minimum atomic E-state index is -0.818. The molecule has 0 aromatic rings. The lowest BCUT2D eigenvalue weighted by atomic mass is 10.1. The molecule has 0 amide bonds. The van der Waals surface area contributed by atoms with E-state index in [1.54, 1.807) is 0 Å². The molecule has 0 N–H and O–H groups in total. The van der Waals surface area contributed by atoms with Crippen LogP contribution in [0.3, 0.4) is 0 Å². The van der Waals surface area contributed by atoms with E-state index in [4.69, 9.17) is 14.2 Å². The number of unbranched alkanes of at least 4 members (excludes halogenated alkanes) is 15. The second-order valence-electron chi connectivity index (χ2n) is 15.0. The van der Waals surface area contributed by atoms with Crippen molar-refractivity contribution in [2.45, 2.75) is 194 Å². The maximum atomic E-state index is 12.7. The van der Waals surface area contributed by atoms with Crippen LogP contribution in [0.25, 0.3) is 0 Å². The van der Waals surface area contributed by atoms with Crippen LogP contribution in [0.15, 0.2) is 109 Å². The Morgan fingerprint density at radius 2 is 0.763 bits per heavy atom. The lowest BCUT2D eigenvalue weighted by Crippen LogP contribution is -2.30. The van der Waals surface area contributed by atoms with Gasteiger partial charge in [0.05, 0.1) is 0 Å². The van der Waals surface area contributed by atoms with Gasteiger partial charge >= 0.3 is 17.9 Å². The highest BCUT2D eigenvalue weighted by Gasteiger charge is 2.19. The van der Waals surface area contributed by atoms with E-state index in [0.29, 0.717) is 19.3 Å². The largest absolute Gasteiger partial charge is 0.462 e. The van der Waals surface area contributed by atoms with E-state index in [1.165, 1.54) is 64.2 Å². The average molecular weight is 817 g/mol. The molecule has 6 nitrogen and oxygen atoms in total. The summed E-state index contributed by atoms with van der Waals surface area (Å²) < 4.78 is 16.6. The number of carbonyl (C=O) groups is 3. The van der Waals surface area contributed by atoms with Crippen LogP contribution in [0.1, 0.15) is 188 Å². The molecule has 1 atom stereocenters. The summed E-state index contributed by atoms with van der Waals surface area (Å²) in [5.41, 5.74) is 0. The third kappa shape index (κ3) is 45.0. The molecule has 0 radical (unpaired) electrons. The van der Waals surface area contributed by atoms with Crippen molar-refractivity contribution in [3.8, 4) is 0 Å². The molecule has 0 fully saturated rings. The van der Waals surface area contributed by atoms with Crippen LogP contribution < -0.4 is 0 Å². The van der Waals surface area contributed by atoms with Gasteiger partial charge in [0.15, 0.2) is 6.10 Å². The highest BCUT2D eigenvalue weighted by molar-refractivity contribution is 5.71. The Labute approximate surface area is 361 Å². The third-order valence-corrected chi connectivity index (χ3v) is 9.37. The maximum absolute atomic E-state index is 12.7. The van der Waals surface area contributed by atoms with Gasteiger partial charge in [0.25, 0.3) is 0 Å². The molecule has 0 rings (SSSR count). The van der Waals surface area contributed by atoms with Gasteiger partial charge in [0.1, 0.15) is 13.2 Å². The van der Waals surface area contributed by atoms with Gasteiger partial charge in [-0.15, -0.1) is 0 Å². The molecular formula is C53H84O6. The molecule has 0 aliphatic carbocycles. The molecule has 6 heteroatoms. The summed E-state index contributed by atoms with van der Waals surface area (Å²) in [6, 6.07) is 0. The number of allylic oxidation sites excluding steroid dienone is 18. The summed E-state index contributed by atoms with van der Waals surface area (Å²) in [5, 5.41) is 0. The Kier molecular flexibility index (Phi) is 43.6. The van der Waals surface area contributed by atoms with Gasteiger partial charge in [-0.05, 0) is 89.9 Å². The first kappa shape index (κ1) is 55.1. The molecule has 0 saturated carbocycles. The van der Waals surface area contributed by atoms with E-state index in [2.05, 4.69) is 81.5 Å². The first-order valence-corrected chi connectivity index (χ1v) is 23.5. The van der Waals surface area contributed by atoms with Crippen LogP contribution in [0.4, 0.5) is 0 Å². The van der Waals surface area contributed by atoms with Gasteiger partial charge in [0, 0.05) is 19.3 Å². The molecule has 0 bridgehead atoms. The van der Waals surface area contributed by atoms with E-state index in [9.17, 15) is 14.4 Å². The first-order chi connectivity index (χ1) is 29.0. The van der Waals surface area contributed by atoms with Crippen molar-refractivity contribution in [2.24, 2.45) is 0 Å². The summed E-state index contributed by atoms with van der Waals surface area (Å²) in [7, 11) is 0. The van der Waals surface area contributed by atoms with E-state index in [0.717, 1.165) is 77.0 Å². The number of hydrogen-bond acceptors (Lipinski definition) is 6. The van der Waals surface area contributed by atoms with Crippen LogP contribution >= 0.6 is 0 Å². The Morgan fingerprint density at radius 1 is 0.373 bits per heavy atom. The Hall–Kier alpha value is -3.93. The van der Waals surface area contributed by atoms with Crippen molar-refractivity contribution in [3.63, 3.8) is 0 Å². The van der Waals surface area contributed by atoms with E-state index >= 15 is 0 Å². The van der Waals surface area contributed by atoms with Gasteiger partial charge in [0.2, 0.25) is 0 Å². The second-order valence-corrected chi connectivity index (χ2v) is 15.0. The SMILES string of the molecule is CC\C=C/C=C\C=C/C=C\C=C/CCCCCC(=O)OCC(COC(=O)CCC/C=C\C/C=C\C/C=C\CC)OC(=O)CCCCCCCCC/C=C\CCCCCC.